The van der Waals surface area contributed by atoms with Crippen LogP contribution in [0.3, 0.4) is 0 Å². The molecule has 3 aromatic rings. The van der Waals surface area contributed by atoms with Crippen LogP contribution in [0.15, 0.2) is 67.0 Å². The molecule has 3 rings (SSSR count). The Morgan fingerprint density at radius 1 is 1.07 bits per heavy atom. The first-order chi connectivity index (χ1) is 13.5. The number of hydrogen-bond acceptors (Lipinski definition) is 3. The van der Waals surface area contributed by atoms with Gasteiger partial charge in [-0.15, -0.1) is 0 Å². The van der Waals surface area contributed by atoms with E-state index in [0.29, 0.717) is 35.5 Å². The molecule has 0 spiro atoms. The van der Waals surface area contributed by atoms with Gasteiger partial charge in [0.15, 0.2) is 11.6 Å². The molecule has 0 aliphatic carbocycles. The molecule has 1 aromatic heterocycles. The second-order valence-corrected chi connectivity index (χ2v) is 6.48. The normalized spacial score (nSPS) is 11.7. The first-order valence-electron chi connectivity index (χ1n) is 8.94. The Kier molecular flexibility index (Phi) is 6.32. The zero-order chi connectivity index (χ0) is 19.9. The zero-order valence-corrected chi connectivity index (χ0v) is 15.4. The second-order valence-electron chi connectivity index (χ2n) is 6.48. The average molecular weight is 382 g/mol. The number of ether oxygens (including phenoxy) is 1. The molecule has 144 valence electrons. The van der Waals surface area contributed by atoms with Crippen LogP contribution in [0.5, 0.6) is 11.5 Å². The number of aryl methyl sites for hydroxylation is 1. The lowest BCUT2D eigenvalue weighted by Crippen LogP contribution is -2.32. The fraction of sp³-hybridized carbons (Fsp3) is 0.182. The van der Waals surface area contributed by atoms with Crippen LogP contribution >= 0.6 is 0 Å². The molecule has 1 N–H and O–H groups in total. The quantitative estimate of drug-likeness (QED) is 0.632. The summed E-state index contributed by atoms with van der Waals surface area (Å²) in [6, 6.07) is 14.1. The maximum Gasteiger partial charge on any atom is 0.251 e. The Bertz CT molecular complexity index is 931. The van der Waals surface area contributed by atoms with E-state index in [-0.39, 0.29) is 11.9 Å². The van der Waals surface area contributed by atoms with Gasteiger partial charge in [-0.2, -0.15) is 0 Å². The van der Waals surface area contributed by atoms with E-state index >= 15 is 0 Å². The molecule has 0 bridgehead atoms. The van der Waals surface area contributed by atoms with Gasteiger partial charge in [-0.05, 0) is 73.9 Å². The summed E-state index contributed by atoms with van der Waals surface area (Å²) >= 11 is 0. The summed E-state index contributed by atoms with van der Waals surface area (Å²) in [5, 5.41) is 2.90. The van der Waals surface area contributed by atoms with Crippen molar-refractivity contribution in [1.82, 2.24) is 10.3 Å². The number of amides is 1. The average Bonchev–Trinajstić information content (AvgIpc) is 2.70. The molecule has 4 nitrogen and oxygen atoms in total. The van der Waals surface area contributed by atoms with Gasteiger partial charge in [-0.3, -0.25) is 9.78 Å². The van der Waals surface area contributed by atoms with Crippen LogP contribution in [0.25, 0.3) is 0 Å². The SMILES string of the molecule is CC(CCc1ccc(F)c(F)c1)NC(=O)c1ccc(Oc2cccnc2)cc1. The summed E-state index contributed by atoms with van der Waals surface area (Å²) in [6.07, 6.45) is 4.42. The molecule has 1 amide bonds. The van der Waals surface area contributed by atoms with Crippen LogP contribution < -0.4 is 10.1 Å². The first-order valence-corrected chi connectivity index (χ1v) is 8.94. The number of carbonyl (C=O) groups excluding carboxylic acids is 1. The molecule has 1 heterocycles. The fourth-order valence-electron chi connectivity index (χ4n) is 2.68. The minimum Gasteiger partial charge on any atom is -0.456 e. The van der Waals surface area contributed by atoms with Crippen LogP contribution in [0, 0.1) is 11.6 Å². The number of benzene rings is 2. The molecule has 0 saturated carbocycles. The number of pyridine rings is 1. The topological polar surface area (TPSA) is 51.2 Å². The molecule has 0 saturated heterocycles. The maximum absolute atomic E-state index is 13.2. The third-order valence-corrected chi connectivity index (χ3v) is 4.21. The minimum absolute atomic E-state index is 0.119. The first kappa shape index (κ1) is 19.5. The van der Waals surface area contributed by atoms with Crippen molar-refractivity contribution >= 4 is 5.91 Å². The summed E-state index contributed by atoms with van der Waals surface area (Å²) < 4.78 is 31.9. The monoisotopic (exact) mass is 382 g/mol. The third kappa shape index (κ3) is 5.36. The molecule has 0 aliphatic rings. The number of hydrogen-bond donors (Lipinski definition) is 1. The van der Waals surface area contributed by atoms with Crippen LogP contribution in [-0.4, -0.2) is 16.9 Å². The Labute approximate surface area is 162 Å². The summed E-state index contributed by atoms with van der Waals surface area (Å²) in [7, 11) is 0. The van der Waals surface area contributed by atoms with Gasteiger partial charge in [0, 0.05) is 17.8 Å². The van der Waals surface area contributed by atoms with Crippen molar-refractivity contribution in [3.05, 3.63) is 89.8 Å². The van der Waals surface area contributed by atoms with E-state index in [9.17, 15) is 13.6 Å². The molecule has 1 atom stereocenters. The van der Waals surface area contributed by atoms with Crippen molar-refractivity contribution in [3.8, 4) is 11.5 Å². The standard InChI is InChI=1S/C22H20F2N2O2/c1-15(4-5-16-6-11-20(23)21(24)13-16)26-22(27)17-7-9-18(10-8-17)28-19-3-2-12-25-14-19/h2-3,6-15H,4-5H2,1H3,(H,26,27). The molecular formula is C22H20F2N2O2. The van der Waals surface area contributed by atoms with Crippen LogP contribution in [0.1, 0.15) is 29.3 Å². The smallest absolute Gasteiger partial charge is 0.251 e. The van der Waals surface area contributed by atoms with Gasteiger partial charge in [0.2, 0.25) is 0 Å². The van der Waals surface area contributed by atoms with Gasteiger partial charge >= 0.3 is 0 Å². The molecular weight excluding hydrogens is 362 g/mol. The highest BCUT2D eigenvalue weighted by Crippen LogP contribution is 2.20. The van der Waals surface area contributed by atoms with Gasteiger partial charge in [-0.25, -0.2) is 8.78 Å². The lowest BCUT2D eigenvalue weighted by molar-refractivity contribution is 0.0938. The highest BCUT2D eigenvalue weighted by molar-refractivity contribution is 5.94. The maximum atomic E-state index is 13.2. The summed E-state index contributed by atoms with van der Waals surface area (Å²) in [4.78, 5) is 16.3. The highest BCUT2D eigenvalue weighted by Gasteiger charge is 2.11. The zero-order valence-electron chi connectivity index (χ0n) is 15.4. The Balaban J connectivity index is 1.51. The van der Waals surface area contributed by atoms with Crippen molar-refractivity contribution in [2.24, 2.45) is 0 Å². The van der Waals surface area contributed by atoms with Gasteiger partial charge in [-0.1, -0.05) is 6.07 Å². The van der Waals surface area contributed by atoms with Crippen molar-refractivity contribution in [2.45, 2.75) is 25.8 Å². The largest absolute Gasteiger partial charge is 0.456 e. The molecule has 0 fully saturated rings. The number of halogens is 2. The minimum atomic E-state index is -0.860. The third-order valence-electron chi connectivity index (χ3n) is 4.21. The molecule has 6 heteroatoms. The fourth-order valence-corrected chi connectivity index (χ4v) is 2.68. The summed E-state index contributed by atoms with van der Waals surface area (Å²) in [5.74, 6) is -0.698. The van der Waals surface area contributed by atoms with Crippen LogP contribution in [0.2, 0.25) is 0 Å². The van der Waals surface area contributed by atoms with Crippen molar-refractivity contribution in [1.29, 1.82) is 0 Å². The number of nitrogens with zero attached hydrogens (tertiary/aromatic N) is 1. The van der Waals surface area contributed by atoms with E-state index < -0.39 is 11.6 Å². The second kappa shape index (κ2) is 9.08. The van der Waals surface area contributed by atoms with E-state index in [4.69, 9.17) is 4.74 Å². The Morgan fingerprint density at radius 2 is 1.86 bits per heavy atom. The number of rotatable bonds is 7. The lowest BCUT2D eigenvalue weighted by atomic mass is 10.1. The van der Waals surface area contributed by atoms with Gasteiger partial charge in [0.1, 0.15) is 11.5 Å². The number of nitrogens with one attached hydrogen (secondary N) is 1. The van der Waals surface area contributed by atoms with E-state index in [1.54, 1.807) is 54.9 Å². The lowest BCUT2D eigenvalue weighted by Gasteiger charge is -2.14. The highest BCUT2D eigenvalue weighted by atomic mass is 19.2. The van der Waals surface area contributed by atoms with Crippen LogP contribution in [0.4, 0.5) is 8.78 Å². The number of carbonyl (C=O) groups is 1. The van der Waals surface area contributed by atoms with E-state index in [0.717, 1.165) is 6.07 Å². The predicted molar refractivity (Wildman–Crippen MR) is 102 cm³/mol. The van der Waals surface area contributed by atoms with Crippen LogP contribution in [-0.2, 0) is 6.42 Å². The Morgan fingerprint density at radius 3 is 2.54 bits per heavy atom. The molecule has 1 unspecified atom stereocenters. The molecule has 0 radical (unpaired) electrons. The van der Waals surface area contributed by atoms with Gasteiger partial charge in [0.25, 0.3) is 5.91 Å². The van der Waals surface area contributed by atoms with Gasteiger partial charge < -0.3 is 10.1 Å². The van der Waals surface area contributed by atoms with Crippen molar-refractivity contribution < 1.29 is 18.3 Å². The van der Waals surface area contributed by atoms with Crippen molar-refractivity contribution in [3.63, 3.8) is 0 Å². The molecule has 28 heavy (non-hydrogen) atoms. The Hall–Kier alpha value is -3.28. The predicted octanol–water partition coefficient (Wildman–Crippen LogP) is 4.90. The molecule has 0 aliphatic heterocycles. The number of aromatic nitrogens is 1. The van der Waals surface area contributed by atoms with E-state index in [1.165, 1.54) is 6.07 Å². The van der Waals surface area contributed by atoms with Crippen molar-refractivity contribution in [2.75, 3.05) is 0 Å². The summed E-state index contributed by atoms with van der Waals surface area (Å²) in [6.45, 7) is 1.87. The van der Waals surface area contributed by atoms with E-state index in [2.05, 4.69) is 10.3 Å². The molecule has 2 aromatic carbocycles. The summed E-state index contributed by atoms with van der Waals surface area (Å²) in [5.41, 5.74) is 1.20. The van der Waals surface area contributed by atoms with Gasteiger partial charge in [0.05, 0.1) is 6.20 Å². The van der Waals surface area contributed by atoms with E-state index in [1.807, 2.05) is 6.92 Å².